The highest BCUT2D eigenvalue weighted by Gasteiger charge is 2.18. The molecule has 2 heteroatoms. The minimum Gasteiger partial charge on any atom is -0.298 e. The molecule has 13 heavy (non-hydrogen) atoms. The maximum Gasteiger partial charge on any atom is 0.150 e. The van der Waals surface area contributed by atoms with E-state index in [1.165, 1.54) is 23.1 Å². The second-order valence-electron chi connectivity index (χ2n) is 3.50. The van der Waals surface area contributed by atoms with Crippen LogP contribution >= 0.6 is 15.9 Å². The molecule has 0 fully saturated rings. The highest BCUT2D eigenvalue weighted by atomic mass is 79.9. The Kier molecular flexibility index (Phi) is 2.24. The van der Waals surface area contributed by atoms with E-state index >= 15 is 0 Å². The SMILES string of the molecule is Cc1c(Br)cc(C=O)c2c1CCC2. The average molecular weight is 239 g/mol. The molecular formula is C11H11BrO. The van der Waals surface area contributed by atoms with Gasteiger partial charge in [0.15, 0.2) is 0 Å². The number of halogens is 1. The van der Waals surface area contributed by atoms with Crippen LogP contribution in [0.15, 0.2) is 10.5 Å². The number of aldehydes is 1. The predicted molar refractivity (Wildman–Crippen MR) is 56.3 cm³/mol. The van der Waals surface area contributed by atoms with Crippen molar-refractivity contribution in [1.82, 2.24) is 0 Å². The zero-order valence-corrected chi connectivity index (χ0v) is 9.15. The first-order valence-electron chi connectivity index (χ1n) is 4.50. The zero-order valence-electron chi connectivity index (χ0n) is 7.56. The van der Waals surface area contributed by atoms with Crippen molar-refractivity contribution in [3.63, 3.8) is 0 Å². The van der Waals surface area contributed by atoms with E-state index in [2.05, 4.69) is 22.9 Å². The van der Waals surface area contributed by atoms with Crippen molar-refractivity contribution in [2.75, 3.05) is 0 Å². The molecule has 2 rings (SSSR count). The van der Waals surface area contributed by atoms with Crippen LogP contribution in [0.2, 0.25) is 0 Å². The number of hydrogen-bond acceptors (Lipinski definition) is 1. The Bertz CT molecular complexity index is 369. The standard InChI is InChI=1S/C11H11BrO/c1-7-9-3-2-4-10(9)8(6-13)5-11(7)12/h5-6H,2-4H2,1H3. The molecule has 0 heterocycles. The summed E-state index contributed by atoms with van der Waals surface area (Å²) in [5.41, 5.74) is 4.83. The summed E-state index contributed by atoms with van der Waals surface area (Å²) >= 11 is 3.48. The molecule has 0 aromatic heterocycles. The Morgan fingerprint density at radius 3 is 2.77 bits per heavy atom. The smallest absolute Gasteiger partial charge is 0.150 e. The molecule has 1 aromatic rings. The van der Waals surface area contributed by atoms with E-state index in [1.807, 2.05) is 6.07 Å². The summed E-state index contributed by atoms with van der Waals surface area (Å²) in [6.07, 6.45) is 4.35. The van der Waals surface area contributed by atoms with Crippen molar-refractivity contribution in [2.45, 2.75) is 26.2 Å². The molecule has 0 atom stereocenters. The van der Waals surface area contributed by atoms with Crippen LogP contribution in [0, 0.1) is 6.92 Å². The van der Waals surface area contributed by atoms with E-state index < -0.39 is 0 Å². The van der Waals surface area contributed by atoms with Crippen LogP contribution in [-0.2, 0) is 12.8 Å². The maximum atomic E-state index is 10.8. The minimum atomic E-state index is 0.866. The minimum absolute atomic E-state index is 0.866. The first-order valence-corrected chi connectivity index (χ1v) is 5.29. The number of fused-ring (bicyclic) bond motifs is 1. The molecule has 1 aromatic carbocycles. The second-order valence-corrected chi connectivity index (χ2v) is 4.36. The van der Waals surface area contributed by atoms with Gasteiger partial charge >= 0.3 is 0 Å². The largest absolute Gasteiger partial charge is 0.298 e. The number of carbonyl (C=O) groups excluding carboxylic acids is 1. The average Bonchev–Trinajstić information content (AvgIpc) is 2.60. The molecule has 68 valence electrons. The van der Waals surface area contributed by atoms with E-state index in [-0.39, 0.29) is 0 Å². The van der Waals surface area contributed by atoms with Crippen LogP contribution < -0.4 is 0 Å². The predicted octanol–water partition coefficient (Wildman–Crippen LogP) is 3.06. The molecule has 0 N–H and O–H groups in total. The Hall–Kier alpha value is -0.630. The van der Waals surface area contributed by atoms with Crippen LogP contribution in [0.5, 0.6) is 0 Å². The molecule has 1 nitrogen and oxygen atoms in total. The quantitative estimate of drug-likeness (QED) is 0.688. The van der Waals surface area contributed by atoms with Gasteiger partial charge in [0, 0.05) is 10.0 Å². The van der Waals surface area contributed by atoms with Gasteiger partial charge in [0.05, 0.1) is 0 Å². The summed E-state index contributed by atoms with van der Waals surface area (Å²) in [7, 11) is 0. The van der Waals surface area contributed by atoms with Crippen molar-refractivity contribution in [3.05, 3.63) is 32.8 Å². The van der Waals surface area contributed by atoms with E-state index in [0.717, 1.165) is 29.2 Å². The Balaban J connectivity index is 2.70. The van der Waals surface area contributed by atoms with Gasteiger partial charge in [0.2, 0.25) is 0 Å². The van der Waals surface area contributed by atoms with E-state index in [9.17, 15) is 4.79 Å². The Morgan fingerprint density at radius 1 is 1.38 bits per heavy atom. The summed E-state index contributed by atoms with van der Waals surface area (Å²) < 4.78 is 1.07. The summed E-state index contributed by atoms with van der Waals surface area (Å²) in [6.45, 7) is 2.11. The molecule has 0 amide bonds. The van der Waals surface area contributed by atoms with Crippen molar-refractivity contribution in [2.24, 2.45) is 0 Å². The van der Waals surface area contributed by atoms with Crippen LogP contribution in [0.1, 0.15) is 33.5 Å². The van der Waals surface area contributed by atoms with Crippen LogP contribution in [0.3, 0.4) is 0 Å². The third-order valence-electron chi connectivity index (χ3n) is 2.79. The van der Waals surface area contributed by atoms with Gasteiger partial charge in [0.25, 0.3) is 0 Å². The van der Waals surface area contributed by atoms with Gasteiger partial charge in [0.1, 0.15) is 6.29 Å². The fraction of sp³-hybridized carbons (Fsp3) is 0.364. The van der Waals surface area contributed by atoms with Gasteiger partial charge < -0.3 is 0 Å². The first kappa shape index (κ1) is 8.95. The summed E-state index contributed by atoms with van der Waals surface area (Å²) in [5, 5.41) is 0. The normalized spacial score (nSPS) is 14.3. The van der Waals surface area contributed by atoms with Gasteiger partial charge in [-0.15, -0.1) is 0 Å². The monoisotopic (exact) mass is 238 g/mol. The molecule has 0 unspecified atom stereocenters. The number of carbonyl (C=O) groups is 1. The number of benzene rings is 1. The number of hydrogen-bond donors (Lipinski definition) is 0. The molecule has 0 radical (unpaired) electrons. The first-order chi connectivity index (χ1) is 6.24. The van der Waals surface area contributed by atoms with Crippen LogP contribution in [0.4, 0.5) is 0 Å². The molecular weight excluding hydrogens is 228 g/mol. The Labute approximate surface area is 86.3 Å². The lowest BCUT2D eigenvalue weighted by Crippen LogP contribution is -1.95. The molecule has 0 saturated heterocycles. The van der Waals surface area contributed by atoms with Gasteiger partial charge in [-0.1, -0.05) is 15.9 Å². The van der Waals surface area contributed by atoms with Gasteiger partial charge in [-0.3, -0.25) is 4.79 Å². The molecule has 0 bridgehead atoms. The van der Waals surface area contributed by atoms with Gasteiger partial charge in [-0.2, -0.15) is 0 Å². The lowest BCUT2D eigenvalue weighted by atomic mass is 10.00. The highest BCUT2D eigenvalue weighted by Crippen LogP contribution is 2.32. The van der Waals surface area contributed by atoms with E-state index in [1.54, 1.807) is 0 Å². The summed E-state index contributed by atoms with van der Waals surface area (Å²) in [4.78, 5) is 10.8. The van der Waals surface area contributed by atoms with Crippen molar-refractivity contribution in [3.8, 4) is 0 Å². The fourth-order valence-corrected chi connectivity index (χ4v) is 2.54. The third-order valence-corrected chi connectivity index (χ3v) is 3.61. The van der Waals surface area contributed by atoms with Crippen LogP contribution in [-0.4, -0.2) is 6.29 Å². The van der Waals surface area contributed by atoms with Crippen molar-refractivity contribution >= 4 is 22.2 Å². The lowest BCUT2D eigenvalue weighted by Gasteiger charge is -2.08. The third kappa shape index (κ3) is 1.33. The summed E-state index contributed by atoms with van der Waals surface area (Å²) in [6, 6.07) is 1.94. The molecule has 0 saturated carbocycles. The van der Waals surface area contributed by atoms with Crippen LogP contribution in [0.25, 0.3) is 0 Å². The zero-order chi connectivity index (χ0) is 9.42. The second kappa shape index (κ2) is 3.26. The Morgan fingerprint density at radius 2 is 2.08 bits per heavy atom. The molecule has 1 aliphatic carbocycles. The van der Waals surface area contributed by atoms with Gasteiger partial charge in [-0.25, -0.2) is 0 Å². The molecule has 0 spiro atoms. The molecule has 1 aliphatic rings. The lowest BCUT2D eigenvalue weighted by molar-refractivity contribution is 0.112. The van der Waals surface area contributed by atoms with Crippen molar-refractivity contribution in [1.29, 1.82) is 0 Å². The van der Waals surface area contributed by atoms with Gasteiger partial charge in [-0.05, 0) is 48.9 Å². The fourth-order valence-electron chi connectivity index (χ4n) is 2.06. The topological polar surface area (TPSA) is 17.1 Å². The highest BCUT2D eigenvalue weighted by molar-refractivity contribution is 9.10. The molecule has 0 aliphatic heterocycles. The van der Waals surface area contributed by atoms with Crippen molar-refractivity contribution < 1.29 is 4.79 Å². The van der Waals surface area contributed by atoms with E-state index in [4.69, 9.17) is 0 Å². The van der Waals surface area contributed by atoms with E-state index in [0.29, 0.717) is 0 Å². The number of rotatable bonds is 1. The summed E-state index contributed by atoms with van der Waals surface area (Å²) in [5.74, 6) is 0. The maximum absolute atomic E-state index is 10.8.